The second-order valence-corrected chi connectivity index (χ2v) is 6.44. The third-order valence-electron chi connectivity index (χ3n) is 4.59. The van der Waals surface area contributed by atoms with Crippen molar-refractivity contribution in [3.05, 3.63) is 64.6 Å². The fourth-order valence-electron chi connectivity index (χ4n) is 3.14. The molecule has 0 atom stereocenters. The van der Waals surface area contributed by atoms with Gasteiger partial charge in [-0.25, -0.2) is 10.2 Å². The van der Waals surface area contributed by atoms with Gasteiger partial charge in [0.05, 0.1) is 23.3 Å². The van der Waals surface area contributed by atoms with Gasteiger partial charge in [-0.1, -0.05) is 18.2 Å². The number of halogens is 6. The minimum atomic E-state index is -4.80. The van der Waals surface area contributed by atoms with E-state index in [2.05, 4.69) is 10.2 Å². The number of hydrogen-bond acceptors (Lipinski definition) is 4. The van der Waals surface area contributed by atoms with E-state index in [0.717, 1.165) is 35.0 Å². The van der Waals surface area contributed by atoms with Gasteiger partial charge in [-0.15, -0.1) is 0 Å². The van der Waals surface area contributed by atoms with Gasteiger partial charge >= 0.3 is 12.1 Å². The van der Waals surface area contributed by atoms with Gasteiger partial charge in [-0.05, 0) is 25.1 Å². The van der Waals surface area contributed by atoms with E-state index in [4.69, 9.17) is 11.7 Å². The number of benzene rings is 2. The van der Waals surface area contributed by atoms with Crippen molar-refractivity contribution in [1.29, 1.82) is 0 Å². The Morgan fingerprint density at radius 3 is 2.47 bits per heavy atom. The third kappa shape index (κ3) is 3.65. The summed E-state index contributed by atoms with van der Waals surface area (Å²) in [6, 6.07) is 6.02. The highest BCUT2D eigenvalue weighted by atomic mass is 19.4. The van der Waals surface area contributed by atoms with Crippen molar-refractivity contribution < 1.29 is 26.3 Å². The molecule has 0 radical (unpaired) electrons. The molecule has 0 amide bonds. The highest BCUT2D eigenvalue weighted by Gasteiger charge is 2.39. The maximum Gasteiger partial charge on any atom is 0.416 e. The smallest absolute Gasteiger partial charge is 0.321 e. The lowest BCUT2D eigenvalue weighted by Crippen LogP contribution is -2.43. The zero-order valence-corrected chi connectivity index (χ0v) is 15.4. The van der Waals surface area contributed by atoms with E-state index in [-0.39, 0.29) is 5.52 Å². The molecule has 160 valence electrons. The molecule has 1 heterocycles. The SMILES string of the molecule is Cc1nn(Cc2c(F)cccc2C(F)(F)F)c2cc(C(F)(F)/C(=N/N)NN)ccc12. The second-order valence-electron chi connectivity index (χ2n) is 6.44. The molecular weight excluding hydrogens is 414 g/mol. The first-order chi connectivity index (χ1) is 14.0. The fourth-order valence-corrected chi connectivity index (χ4v) is 3.14. The summed E-state index contributed by atoms with van der Waals surface area (Å²) in [6.07, 6.45) is -4.80. The van der Waals surface area contributed by atoms with E-state index in [9.17, 15) is 26.3 Å². The zero-order chi connectivity index (χ0) is 22.3. The van der Waals surface area contributed by atoms with Gasteiger partial charge in [0.1, 0.15) is 5.82 Å². The van der Waals surface area contributed by atoms with Crippen LogP contribution in [0.1, 0.15) is 22.4 Å². The number of nitrogens with zero attached hydrogens (tertiary/aromatic N) is 3. The summed E-state index contributed by atoms with van der Waals surface area (Å²) in [4.78, 5) is 0. The summed E-state index contributed by atoms with van der Waals surface area (Å²) in [5.41, 5.74) is -0.249. The number of nitrogens with one attached hydrogen (secondary N) is 1. The van der Waals surface area contributed by atoms with E-state index in [1.54, 1.807) is 12.3 Å². The molecule has 6 nitrogen and oxygen atoms in total. The number of amidine groups is 1. The summed E-state index contributed by atoms with van der Waals surface area (Å²) in [5, 5.41) is 7.42. The second kappa shape index (κ2) is 7.52. The fraction of sp³-hybridized carbons (Fsp3) is 0.222. The van der Waals surface area contributed by atoms with Crippen LogP contribution in [0.4, 0.5) is 26.3 Å². The number of rotatable bonds is 4. The lowest BCUT2D eigenvalue weighted by atomic mass is 10.0. The quantitative estimate of drug-likeness (QED) is 0.195. The Morgan fingerprint density at radius 1 is 1.17 bits per heavy atom. The van der Waals surface area contributed by atoms with Crippen molar-refractivity contribution in [1.82, 2.24) is 15.2 Å². The van der Waals surface area contributed by atoms with E-state index in [1.807, 2.05) is 0 Å². The van der Waals surface area contributed by atoms with Crippen LogP contribution in [-0.2, 0) is 18.6 Å². The first kappa shape index (κ1) is 21.4. The van der Waals surface area contributed by atoms with Gasteiger partial charge in [0, 0.05) is 16.5 Å². The molecular formula is C18H16F6N6. The largest absolute Gasteiger partial charge is 0.416 e. The van der Waals surface area contributed by atoms with Crippen LogP contribution in [0.3, 0.4) is 0 Å². The van der Waals surface area contributed by atoms with Gasteiger partial charge in [0.25, 0.3) is 0 Å². The molecule has 12 heteroatoms. The first-order valence-corrected chi connectivity index (χ1v) is 8.45. The van der Waals surface area contributed by atoms with Gasteiger partial charge < -0.3 is 11.3 Å². The third-order valence-corrected chi connectivity index (χ3v) is 4.59. The molecule has 0 aliphatic rings. The van der Waals surface area contributed by atoms with E-state index in [1.165, 1.54) is 6.07 Å². The molecule has 0 aliphatic carbocycles. The lowest BCUT2D eigenvalue weighted by molar-refractivity contribution is -0.138. The zero-order valence-electron chi connectivity index (χ0n) is 15.4. The van der Waals surface area contributed by atoms with Crippen molar-refractivity contribution in [3.8, 4) is 0 Å². The molecule has 3 aromatic rings. The molecule has 30 heavy (non-hydrogen) atoms. The van der Waals surface area contributed by atoms with Crippen LogP contribution in [0, 0.1) is 12.7 Å². The Balaban J connectivity index is 2.16. The van der Waals surface area contributed by atoms with Crippen molar-refractivity contribution in [2.45, 2.75) is 25.6 Å². The van der Waals surface area contributed by atoms with Gasteiger partial charge in [-0.3, -0.25) is 4.68 Å². The topological polar surface area (TPSA) is 94.2 Å². The summed E-state index contributed by atoms with van der Waals surface area (Å²) in [5.74, 6) is 4.14. The minimum absolute atomic E-state index is 0.0782. The van der Waals surface area contributed by atoms with Gasteiger partial charge in [-0.2, -0.15) is 32.2 Å². The van der Waals surface area contributed by atoms with E-state index >= 15 is 0 Å². The van der Waals surface area contributed by atoms with Crippen LogP contribution >= 0.6 is 0 Å². The molecule has 0 unspecified atom stereocenters. The maximum atomic E-state index is 14.6. The summed E-state index contributed by atoms with van der Waals surface area (Å²) in [7, 11) is 0. The number of aromatic nitrogens is 2. The number of hydrazone groups is 1. The van der Waals surface area contributed by atoms with Crippen LogP contribution < -0.4 is 17.1 Å². The summed E-state index contributed by atoms with van der Waals surface area (Å²) >= 11 is 0. The molecule has 3 rings (SSSR count). The first-order valence-electron chi connectivity index (χ1n) is 8.45. The standard InChI is InChI=1S/C18H16F6N6/c1-9-11-6-5-10(17(20,21)16(27-25)28-26)7-15(11)30(29-9)8-12-13(18(22,23)24)3-2-4-14(12)19/h2-7H,8,25-26H2,1H3,(H,27,28). The van der Waals surface area contributed by atoms with Crippen LogP contribution in [-0.4, -0.2) is 15.6 Å². The number of hydrogen-bond donors (Lipinski definition) is 3. The molecule has 5 N–H and O–H groups in total. The van der Waals surface area contributed by atoms with Crippen LogP contribution in [0.25, 0.3) is 10.9 Å². The molecule has 1 aromatic heterocycles. The molecule has 0 spiro atoms. The highest BCUT2D eigenvalue weighted by molar-refractivity contribution is 5.91. The Hall–Kier alpha value is -3.28. The molecule has 0 saturated carbocycles. The average molecular weight is 430 g/mol. The normalized spacial score (nSPS) is 13.1. The van der Waals surface area contributed by atoms with Crippen LogP contribution in [0.15, 0.2) is 41.5 Å². The Morgan fingerprint density at radius 2 is 1.87 bits per heavy atom. The number of hydrazine groups is 1. The highest BCUT2D eigenvalue weighted by Crippen LogP contribution is 2.35. The maximum absolute atomic E-state index is 14.6. The predicted octanol–water partition coefficient (Wildman–Crippen LogP) is 3.38. The monoisotopic (exact) mass is 430 g/mol. The number of alkyl halides is 5. The molecule has 0 saturated heterocycles. The Bertz CT molecular complexity index is 1120. The molecule has 0 fully saturated rings. The summed E-state index contributed by atoms with van der Waals surface area (Å²) < 4.78 is 84.4. The Labute approximate surface area is 166 Å². The van der Waals surface area contributed by atoms with E-state index in [0.29, 0.717) is 11.1 Å². The van der Waals surface area contributed by atoms with Crippen molar-refractivity contribution in [2.24, 2.45) is 16.8 Å². The van der Waals surface area contributed by atoms with Crippen molar-refractivity contribution in [3.63, 3.8) is 0 Å². The number of aryl methyl sites for hydroxylation is 1. The number of fused-ring (bicyclic) bond motifs is 1. The van der Waals surface area contributed by atoms with Gasteiger partial charge in [0.2, 0.25) is 5.84 Å². The Kier molecular flexibility index (Phi) is 5.37. The van der Waals surface area contributed by atoms with Crippen LogP contribution in [0.2, 0.25) is 0 Å². The molecule has 2 aromatic carbocycles. The van der Waals surface area contributed by atoms with Gasteiger partial charge in [0.15, 0.2) is 0 Å². The molecule has 0 aliphatic heterocycles. The van der Waals surface area contributed by atoms with Crippen LogP contribution in [0.5, 0.6) is 0 Å². The predicted molar refractivity (Wildman–Crippen MR) is 97.8 cm³/mol. The van der Waals surface area contributed by atoms with Crippen molar-refractivity contribution in [2.75, 3.05) is 0 Å². The summed E-state index contributed by atoms with van der Waals surface area (Å²) in [6.45, 7) is 0.935. The average Bonchev–Trinajstić information content (AvgIpc) is 2.98. The van der Waals surface area contributed by atoms with E-state index < -0.39 is 47.0 Å². The van der Waals surface area contributed by atoms with Crippen molar-refractivity contribution >= 4 is 16.7 Å². The number of nitrogens with two attached hydrogens (primary N) is 2. The lowest BCUT2D eigenvalue weighted by Gasteiger charge is -2.18. The molecule has 0 bridgehead atoms. The minimum Gasteiger partial charge on any atom is -0.321 e.